The van der Waals surface area contributed by atoms with Gasteiger partial charge in [0.05, 0.1) is 0 Å². The maximum Gasteiger partial charge on any atom is 0.173 e. The first kappa shape index (κ1) is 13.8. The minimum absolute atomic E-state index is 0.265. The predicted molar refractivity (Wildman–Crippen MR) is 74.2 cm³/mol. The van der Waals surface area contributed by atoms with Crippen molar-refractivity contribution in [1.82, 2.24) is 0 Å². The molecule has 1 aromatic rings. The molecule has 1 heterocycles. The van der Waals surface area contributed by atoms with Gasteiger partial charge in [-0.15, -0.1) is 0 Å². The summed E-state index contributed by atoms with van der Waals surface area (Å²) in [5.41, 5.74) is 0.106. The van der Waals surface area contributed by atoms with E-state index in [0.717, 1.165) is 24.8 Å². The summed E-state index contributed by atoms with van der Waals surface area (Å²) in [6.07, 6.45) is 6.46. The highest BCUT2D eigenvalue weighted by atomic mass is 16.7. The van der Waals surface area contributed by atoms with E-state index >= 15 is 0 Å². The molecular formula is C16H19NO2. The molecule has 0 radical (unpaired) electrons. The minimum Gasteiger partial charge on any atom is -0.353 e. The molecule has 0 saturated carbocycles. The molecule has 3 nitrogen and oxygen atoms in total. The van der Waals surface area contributed by atoms with Gasteiger partial charge in [0.2, 0.25) is 0 Å². The SMILES string of the molecule is CC(C#N)(/C=C/c1ccccc1)OC1CCCCO1. The maximum atomic E-state index is 9.31. The van der Waals surface area contributed by atoms with Crippen LogP contribution in [0.25, 0.3) is 6.08 Å². The summed E-state index contributed by atoms with van der Waals surface area (Å²) >= 11 is 0. The van der Waals surface area contributed by atoms with Crippen LogP contribution in [0.2, 0.25) is 0 Å². The fraction of sp³-hybridized carbons (Fsp3) is 0.438. The van der Waals surface area contributed by atoms with Crippen LogP contribution in [-0.2, 0) is 9.47 Å². The van der Waals surface area contributed by atoms with Crippen molar-refractivity contribution >= 4 is 6.08 Å². The Hall–Kier alpha value is -1.63. The number of ether oxygens (including phenoxy) is 2. The summed E-state index contributed by atoms with van der Waals surface area (Å²) in [6.45, 7) is 2.49. The van der Waals surface area contributed by atoms with E-state index in [1.54, 1.807) is 13.0 Å². The first-order valence-corrected chi connectivity index (χ1v) is 6.67. The monoisotopic (exact) mass is 257 g/mol. The Bertz CT molecular complexity index is 457. The van der Waals surface area contributed by atoms with Crippen molar-refractivity contribution in [3.05, 3.63) is 42.0 Å². The van der Waals surface area contributed by atoms with E-state index < -0.39 is 5.60 Å². The van der Waals surface area contributed by atoms with Crippen LogP contribution in [0.4, 0.5) is 0 Å². The van der Waals surface area contributed by atoms with Gasteiger partial charge in [-0.25, -0.2) is 0 Å². The molecule has 3 heteroatoms. The number of nitrogens with zero attached hydrogens (tertiary/aromatic N) is 1. The fourth-order valence-electron chi connectivity index (χ4n) is 2.00. The van der Waals surface area contributed by atoms with E-state index in [2.05, 4.69) is 6.07 Å². The predicted octanol–water partition coefficient (Wildman–Crippen LogP) is 3.53. The average Bonchev–Trinajstić information content (AvgIpc) is 2.47. The van der Waals surface area contributed by atoms with E-state index in [4.69, 9.17) is 9.47 Å². The summed E-state index contributed by atoms with van der Waals surface area (Å²) in [6, 6.07) is 12.1. The van der Waals surface area contributed by atoms with Crippen LogP contribution in [0.3, 0.4) is 0 Å². The van der Waals surface area contributed by atoms with Crippen molar-refractivity contribution in [2.45, 2.75) is 38.1 Å². The van der Waals surface area contributed by atoms with E-state index in [1.165, 1.54) is 0 Å². The third-order valence-electron chi connectivity index (χ3n) is 3.13. The van der Waals surface area contributed by atoms with Crippen LogP contribution in [0.15, 0.2) is 36.4 Å². The molecule has 19 heavy (non-hydrogen) atoms. The minimum atomic E-state index is -0.947. The highest BCUT2D eigenvalue weighted by Gasteiger charge is 2.27. The molecule has 1 fully saturated rings. The number of nitriles is 1. The Morgan fingerprint density at radius 3 is 2.79 bits per heavy atom. The fourth-order valence-corrected chi connectivity index (χ4v) is 2.00. The van der Waals surface area contributed by atoms with Crippen LogP contribution >= 0.6 is 0 Å². The Labute approximate surface area is 114 Å². The van der Waals surface area contributed by atoms with Crippen molar-refractivity contribution in [2.75, 3.05) is 6.61 Å². The van der Waals surface area contributed by atoms with Gasteiger partial charge in [-0.1, -0.05) is 36.4 Å². The lowest BCUT2D eigenvalue weighted by molar-refractivity contribution is -0.192. The van der Waals surface area contributed by atoms with Crippen LogP contribution in [0, 0.1) is 11.3 Å². The van der Waals surface area contributed by atoms with Gasteiger partial charge < -0.3 is 9.47 Å². The van der Waals surface area contributed by atoms with Gasteiger partial charge >= 0.3 is 0 Å². The Morgan fingerprint density at radius 1 is 1.37 bits per heavy atom. The lowest BCUT2D eigenvalue weighted by Crippen LogP contribution is -2.33. The first-order valence-electron chi connectivity index (χ1n) is 6.67. The van der Waals surface area contributed by atoms with Crippen molar-refractivity contribution in [1.29, 1.82) is 5.26 Å². The Morgan fingerprint density at radius 2 is 2.16 bits per heavy atom. The molecule has 2 rings (SSSR count). The second-order valence-corrected chi connectivity index (χ2v) is 4.88. The third-order valence-corrected chi connectivity index (χ3v) is 3.13. The molecule has 1 aliphatic rings. The molecule has 0 spiro atoms. The maximum absolute atomic E-state index is 9.31. The largest absolute Gasteiger partial charge is 0.353 e. The summed E-state index contributed by atoms with van der Waals surface area (Å²) in [5.74, 6) is 0. The van der Waals surface area contributed by atoms with Gasteiger partial charge in [-0.2, -0.15) is 5.26 Å². The van der Waals surface area contributed by atoms with Crippen molar-refractivity contribution in [3.8, 4) is 6.07 Å². The standard InChI is InChI=1S/C16H19NO2/c1-16(13-17,19-15-9-5-6-12-18-15)11-10-14-7-3-2-4-8-14/h2-4,7-8,10-11,15H,5-6,9,12H2,1H3/b11-10+. The van der Waals surface area contributed by atoms with Crippen molar-refractivity contribution in [3.63, 3.8) is 0 Å². The lowest BCUT2D eigenvalue weighted by Gasteiger charge is -2.28. The average molecular weight is 257 g/mol. The number of hydrogen-bond donors (Lipinski definition) is 0. The summed E-state index contributed by atoms with van der Waals surface area (Å²) in [5, 5.41) is 9.31. The number of hydrogen-bond acceptors (Lipinski definition) is 3. The van der Waals surface area contributed by atoms with Gasteiger partial charge in [-0.05, 0) is 37.8 Å². The molecule has 0 aromatic heterocycles. The Kier molecular flexibility index (Phi) is 4.73. The normalized spacial score (nSPS) is 22.8. The molecule has 100 valence electrons. The van der Waals surface area contributed by atoms with Crippen LogP contribution in [-0.4, -0.2) is 18.5 Å². The molecule has 0 bridgehead atoms. The topological polar surface area (TPSA) is 42.2 Å². The van der Waals surface area contributed by atoms with Gasteiger partial charge in [0, 0.05) is 6.61 Å². The lowest BCUT2D eigenvalue weighted by atomic mass is 10.1. The summed E-state index contributed by atoms with van der Waals surface area (Å²) in [7, 11) is 0. The molecule has 0 amide bonds. The molecule has 0 aliphatic carbocycles. The molecule has 2 atom stereocenters. The second-order valence-electron chi connectivity index (χ2n) is 4.88. The third kappa shape index (κ3) is 4.20. The zero-order chi connectivity index (χ0) is 13.6. The molecular weight excluding hydrogens is 238 g/mol. The molecule has 1 aliphatic heterocycles. The molecule has 2 unspecified atom stereocenters. The second kappa shape index (κ2) is 6.51. The van der Waals surface area contributed by atoms with Crippen LogP contribution < -0.4 is 0 Å². The van der Waals surface area contributed by atoms with Crippen LogP contribution in [0.5, 0.6) is 0 Å². The number of rotatable bonds is 4. The van der Waals surface area contributed by atoms with Gasteiger partial charge in [0.15, 0.2) is 11.9 Å². The summed E-state index contributed by atoms with van der Waals surface area (Å²) < 4.78 is 11.3. The van der Waals surface area contributed by atoms with E-state index in [0.29, 0.717) is 6.61 Å². The van der Waals surface area contributed by atoms with E-state index in [9.17, 15) is 5.26 Å². The van der Waals surface area contributed by atoms with E-state index in [1.807, 2.05) is 36.4 Å². The Balaban J connectivity index is 2.01. The van der Waals surface area contributed by atoms with Crippen LogP contribution in [0.1, 0.15) is 31.7 Å². The number of benzene rings is 1. The molecule has 1 saturated heterocycles. The quantitative estimate of drug-likeness (QED) is 0.828. The first-order chi connectivity index (χ1) is 9.22. The highest BCUT2D eigenvalue weighted by Crippen LogP contribution is 2.22. The summed E-state index contributed by atoms with van der Waals surface area (Å²) in [4.78, 5) is 0. The smallest absolute Gasteiger partial charge is 0.173 e. The van der Waals surface area contributed by atoms with Crippen molar-refractivity contribution < 1.29 is 9.47 Å². The van der Waals surface area contributed by atoms with Crippen molar-refractivity contribution in [2.24, 2.45) is 0 Å². The van der Waals surface area contributed by atoms with Gasteiger partial charge in [0.1, 0.15) is 6.07 Å². The zero-order valence-electron chi connectivity index (χ0n) is 11.2. The van der Waals surface area contributed by atoms with Gasteiger partial charge in [0.25, 0.3) is 0 Å². The van der Waals surface area contributed by atoms with E-state index in [-0.39, 0.29) is 6.29 Å². The van der Waals surface area contributed by atoms with Gasteiger partial charge in [-0.3, -0.25) is 0 Å². The zero-order valence-corrected chi connectivity index (χ0v) is 11.2. The highest BCUT2D eigenvalue weighted by molar-refractivity contribution is 5.51. The molecule has 1 aromatic carbocycles. The molecule has 0 N–H and O–H groups in total.